The molecule has 0 radical (unpaired) electrons. The summed E-state index contributed by atoms with van der Waals surface area (Å²) in [6.45, 7) is 0.810. The van der Waals surface area contributed by atoms with Crippen molar-refractivity contribution < 1.29 is 9.53 Å². The summed E-state index contributed by atoms with van der Waals surface area (Å²) in [5.74, 6) is 3.67. The molecule has 0 saturated carbocycles. The fourth-order valence-corrected chi connectivity index (χ4v) is 4.49. The van der Waals surface area contributed by atoms with Crippen molar-refractivity contribution >= 4 is 23.3 Å². The first-order valence-corrected chi connectivity index (χ1v) is 10.2. The zero-order valence-corrected chi connectivity index (χ0v) is 17.3. The smallest absolute Gasteiger partial charge is 0.341 e. The topological polar surface area (TPSA) is 92.3 Å². The van der Waals surface area contributed by atoms with Crippen LogP contribution in [0.3, 0.4) is 0 Å². The third-order valence-corrected chi connectivity index (χ3v) is 6.14. The van der Waals surface area contributed by atoms with Gasteiger partial charge in [0.15, 0.2) is 0 Å². The zero-order chi connectivity index (χ0) is 21.1. The van der Waals surface area contributed by atoms with Gasteiger partial charge in [0.2, 0.25) is 0 Å². The number of terminal acetylenes is 1. The predicted octanol–water partition coefficient (Wildman–Crippen LogP) is 2.67. The molecule has 30 heavy (non-hydrogen) atoms. The second-order valence-electron chi connectivity index (χ2n) is 7.93. The molecule has 2 aliphatic heterocycles. The second-order valence-corrected chi connectivity index (χ2v) is 7.93. The summed E-state index contributed by atoms with van der Waals surface area (Å²) >= 11 is 0. The van der Waals surface area contributed by atoms with E-state index >= 15 is 0 Å². The fraction of sp³-hybridized carbons (Fsp3) is 0.455. The van der Waals surface area contributed by atoms with Gasteiger partial charge < -0.3 is 20.3 Å². The summed E-state index contributed by atoms with van der Waals surface area (Å²) in [7, 11) is 3.61. The lowest BCUT2D eigenvalue weighted by Gasteiger charge is -2.36. The Morgan fingerprint density at radius 2 is 1.93 bits per heavy atom. The number of piperidine rings is 1. The molecule has 2 aromatic rings. The molecule has 156 valence electrons. The van der Waals surface area contributed by atoms with E-state index < -0.39 is 5.97 Å². The molecule has 0 spiro atoms. The highest BCUT2D eigenvalue weighted by atomic mass is 16.5. The van der Waals surface area contributed by atoms with E-state index in [1.807, 2.05) is 0 Å². The first-order chi connectivity index (χ1) is 14.6. The number of carbonyl (C=O) groups excluding carboxylic acids is 1. The average molecular weight is 406 g/mol. The highest BCUT2D eigenvalue weighted by molar-refractivity contribution is 5.95. The van der Waals surface area contributed by atoms with Gasteiger partial charge in [0.1, 0.15) is 22.9 Å². The van der Waals surface area contributed by atoms with Crippen molar-refractivity contribution in [1.29, 1.82) is 0 Å². The highest BCUT2D eigenvalue weighted by Gasteiger charge is 2.38. The van der Waals surface area contributed by atoms with Crippen LogP contribution in [0.4, 0.5) is 17.3 Å². The molecule has 4 heterocycles. The fourth-order valence-electron chi connectivity index (χ4n) is 4.49. The van der Waals surface area contributed by atoms with Gasteiger partial charge >= 0.3 is 5.97 Å². The lowest BCUT2D eigenvalue weighted by molar-refractivity contribution is 0.0601. The maximum Gasteiger partial charge on any atom is 0.341 e. The highest BCUT2D eigenvalue weighted by Crippen LogP contribution is 2.37. The summed E-state index contributed by atoms with van der Waals surface area (Å²) in [6, 6.07) is 3.15. The first kappa shape index (κ1) is 20.1. The number of hydrogen-bond donors (Lipinski definition) is 2. The van der Waals surface area contributed by atoms with Crippen LogP contribution in [0, 0.1) is 18.3 Å². The van der Waals surface area contributed by atoms with Crippen molar-refractivity contribution in [3.05, 3.63) is 35.9 Å². The van der Waals surface area contributed by atoms with Crippen molar-refractivity contribution in [2.24, 2.45) is 5.92 Å². The molecule has 0 amide bonds. The maximum absolute atomic E-state index is 12.2. The number of methoxy groups -OCH3 is 1. The molecule has 2 bridgehead atoms. The number of pyridine rings is 1. The van der Waals surface area contributed by atoms with Gasteiger partial charge in [-0.1, -0.05) is 0 Å². The molecular weight excluding hydrogens is 380 g/mol. The van der Waals surface area contributed by atoms with Crippen LogP contribution >= 0.6 is 0 Å². The third kappa shape index (κ3) is 4.21. The van der Waals surface area contributed by atoms with Gasteiger partial charge in [0.05, 0.1) is 25.2 Å². The molecule has 2 atom stereocenters. The van der Waals surface area contributed by atoms with Crippen LogP contribution in [0.25, 0.3) is 0 Å². The van der Waals surface area contributed by atoms with E-state index in [-0.39, 0.29) is 0 Å². The lowest BCUT2D eigenvalue weighted by Crippen LogP contribution is -2.41. The van der Waals surface area contributed by atoms with E-state index in [1.165, 1.54) is 45.2 Å². The minimum atomic E-state index is -0.418. The predicted molar refractivity (Wildman–Crippen MR) is 115 cm³/mol. The number of fused-ring (bicyclic) bond motifs is 2. The van der Waals surface area contributed by atoms with Gasteiger partial charge in [0.25, 0.3) is 0 Å². The average Bonchev–Trinajstić information content (AvgIpc) is 2.98. The molecule has 8 heteroatoms. The standard InChI is InChI=1S/C22H26N6O2/c1-4-15-11-25-21(13-23-15)27-20-9-19(18(12-26-20)22(29)30-3)24-10-14-7-16-5-6-17(8-14)28(16)2/h1,9,11-14,16-17H,5-8,10H2,2-3H3,(H2,24,25,26,27). The van der Waals surface area contributed by atoms with Crippen molar-refractivity contribution in [3.63, 3.8) is 0 Å². The number of carbonyl (C=O) groups is 1. The van der Waals surface area contributed by atoms with Gasteiger partial charge in [-0.3, -0.25) is 0 Å². The molecule has 4 rings (SSSR count). The monoisotopic (exact) mass is 406 g/mol. The van der Waals surface area contributed by atoms with Gasteiger partial charge in [-0.2, -0.15) is 0 Å². The van der Waals surface area contributed by atoms with E-state index in [1.54, 1.807) is 12.3 Å². The number of anilines is 3. The minimum Gasteiger partial charge on any atom is -0.465 e. The van der Waals surface area contributed by atoms with Crippen molar-refractivity contribution in [2.45, 2.75) is 37.8 Å². The molecule has 2 saturated heterocycles. The molecule has 2 aliphatic rings. The number of nitrogens with zero attached hydrogens (tertiary/aromatic N) is 4. The van der Waals surface area contributed by atoms with Gasteiger partial charge in [-0.25, -0.2) is 19.7 Å². The molecule has 0 aromatic carbocycles. The van der Waals surface area contributed by atoms with Crippen molar-refractivity contribution in [3.8, 4) is 12.3 Å². The maximum atomic E-state index is 12.2. The summed E-state index contributed by atoms with van der Waals surface area (Å²) in [5.41, 5.74) is 1.57. The Kier molecular flexibility index (Phi) is 5.81. The summed E-state index contributed by atoms with van der Waals surface area (Å²) in [4.78, 5) is 27.4. The molecule has 2 N–H and O–H groups in total. The lowest BCUT2D eigenvalue weighted by atomic mass is 9.91. The molecule has 2 unspecified atom stereocenters. The van der Waals surface area contributed by atoms with Crippen LogP contribution in [0.5, 0.6) is 0 Å². The summed E-state index contributed by atoms with van der Waals surface area (Å²) in [5, 5.41) is 6.56. The van der Waals surface area contributed by atoms with E-state index in [4.69, 9.17) is 11.2 Å². The number of hydrogen-bond acceptors (Lipinski definition) is 8. The summed E-state index contributed by atoms with van der Waals surface area (Å²) in [6.07, 6.45) is 14.8. The van der Waals surface area contributed by atoms with Crippen LogP contribution in [-0.2, 0) is 4.74 Å². The van der Waals surface area contributed by atoms with E-state index in [2.05, 4.69) is 43.5 Å². The van der Waals surface area contributed by atoms with Crippen LogP contribution in [0.2, 0.25) is 0 Å². The van der Waals surface area contributed by atoms with Crippen LogP contribution < -0.4 is 10.6 Å². The van der Waals surface area contributed by atoms with Crippen LogP contribution in [0.1, 0.15) is 41.7 Å². The van der Waals surface area contributed by atoms with Crippen LogP contribution in [0.15, 0.2) is 24.7 Å². The van der Waals surface area contributed by atoms with E-state index in [0.717, 1.165) is 6.54 Å². The Morgan fingerprint density at radius 3 is 2.57 bits per heavy atom. The molecular formula is C22H26N6O2. The summed E-state index contributed by atoms with van der Waals surface area (Å²) < 4.78 is 4.92. The number of rotatable bonds is 6. The molecule has 2 fully saturated rings. The Bertz CT molecular complexity index is 941. The number of aromatic nitrogens is 3. The van der Waals surface area contributed by atoms with E-state index in [0.29, 0.717) is 46.6 Å². The largest absolute Gasteiger partial charge is 0.465 e. The number of ether oxygens (including phenoxy) is 1. The second kappa shape index (κ2) is 8.67. The van der Waals surface area contributed by atoms with Gasteiger partial charge in [0, 0.05) is 30.9 Å². The van der Waals surface area contributed by atoms with E-state index in [9.17, 15) is 4.79 Å². The van der Waals surface area contributed by atoms with Crippen molar-refractivity contribution in [2.75, 3.05) is 31.3 Å². The normalized spacial score (nSPS) is 22.9. The number of nitrogens with one attached hydrogen (secondary N) is 2. The minimum absolute atomic E-state index is 0.410. The first-order valence-electron chi connectivity index (χ1n) is 10.2. The Labute approximate surface area is 176 Å². The third-order valence-electron chi connectivity index (χ3n) is 6.14. The van der Waals surface area contributed by atoms with Crippen LogP contribution in [-0.4, -0.2) is 58.6 Å². The number of esters is 1. The molecule has 0 aliphatic carbocycles. The van der Waals surface area contributed by atoms with Gasteiger partial charge in [-0.15, -0.1) is 6.42 Å². The Balaban J connectivity index is 1.48. The zero-order valence-electron chi connectivity index (χ0n) is 17.3. The SMILES string of the molecule is C#Cc1cnc(Nc2cc(NCC3CC4CCC(C3)N4C)c(C(=O)OC)cn2)cn1. The Hall–Kier alpha value is -3.18. The molecule has 2 aromatic heterocycles. The van der Waals surface area contributed by atoms with Crippen molar-refractivity contribution in [1.82, 2.24) is 19.9 Å². The Morgan fingerprint density at radius 1 is 1.20 bits per heavy atom. The molecule has 8 nitrogen and oxygen atoms in total. The van der Waals surface area contributed by atoms with Gasteiger partial charge in [-0.05, 0) is 44.6 Å². The quantitative estimate of drug-likeness (QED) is 0.559.